The van der Waals surface area contributed by atoms with Crippen LogP contribution in [0.15, 0.2) is 237 Å². The van der Waals surface area contributed by atoms with Gasteiger partial charge in [0.05, 0.1) is 0 Å². The molecule has 3 heteroatoms. The molecule has 0 spiro atoms. The van der Waals surface area contributed by atoms with Gasteiger partial charge in [0.1, 0.15) is 5.82 Å². The number of halogens is 1. The van der Waals surface area contributed by atoms with Crippen molar-refractivity contribution in [3.63, 3.8) is 0 Å². The van der Waals surface area contributed by atoms with Crippen LogP contribution < -0.4 is 9.80 Å². The third-order valence-electron chi connectivity index (χ3n) is 11.9. The lowest BCUT2D eigenvalue weighted by atomic mass is 9.83. The highest BCUT2D eigenvalue weighted by Gasteiger charge is 2.23. The summed E-state index contributed by atoms with van der Waals surface area (Å²) in [6.07, 6.45) is 0. The summed E-state index contributed by atoms with van der Waals surface area (Å²) in [4.78, 5) is 4.64. The van der Waals surface area contributed by atoms with Gasteiger partial charge in [0.2, 0.25) is 0 Å². The lowest BCUT2D eigenvalue weighted by Crippen LogP contribution is -2.10. The Morgan fingerprint density at radius 3 is 1.13 bits per heavy atom. The van der Waals surface area contributed by atoms with E-state index in [2.05, 4.69) is 222 Å². The van der Waals surface area contributed by atoms with E-state index in [1.54, 1.807) is 6.07 Å². The average Bonchev–Trinajstić information content (AvgIpc) is 3.32. The van der Waals surface area contributed by atoms with Crippen LogP contribution in [0, 0.1) is 5.82 Å². The van der Waals surface area contributed by atoms with Crippen LogP contribution in [0.1, 0.15) is 0 Å². The molecule has 11 aromatic rings. The van der Waals surface area contributed by atoms with E-state index in [0.29, 0.717) is 5.39 Å². The van der Waals surface area contributed by atoms with Crippen molar-refractivity contribution in [1.82, 2.24) is 0 Å². The molecule has 0 aliphatic carbocycles. The predicted octanol–water partition coefficient (Wildman–Crippen LogP) is 16.7. The van der Waals surface area contributed by atoms with Gasteiger partial charge in [0, 0.05) is 39.5 Å². The maximum absolute atomic E-state index is 15.7. The van der Waals surface area contributed by atoms with E-state index in [0.717, 1.165) is 83.3 Å². The normalized spacial score (nSPS) is 11.4. The molecule has 0 heterocycles. The van der Waals surface area contributed by atoms with Gasteiger partial charge < -0.3 is 9.80 Å². The van der Waals surface area contributed by atoms with Gasteiger partial charge in [0.15, 0.2) is 0 Å². The van der Waals surface area contributed by atoms with Crippen molar-refractivity contribution in [3.8, 4) is 22.3 Å². The van der Waals surface area contributed by atoms with E-state index >= 15 is 4.39 Å². The zero-order valence-corrected chi connectivity index (χ0v) is 33.3. The maximum atomic E-state index is 15.7. The molecule has 0 aliphatic rings. The minimum Gasteiger partial charge on any atom is -0.310 e. The molecule has 61 heavy (non-hydrogen) atoms. The van der Waals surface area contributed by atoms with Gasteiger partial charge in [-0.1, -0.05) is 158 Å². The monoisotopic (exact) mass is 782 g/mol. The van der Waals surface area contributed by atoms with Gasteiger partial charge in [-0.25, -0.2) is 4.39 Å². The van der Waals surface area contributed by atoms with E-state index < -0.39 is 0 Å². The van der Waals surface area contributed by atoms with Gasteiger partial charge >= 0.3 is 0 Å². The van der Waals surface area contributed by atoms with Crippen molar-refractivity contribution in [3.05, 3.63) is 242 Å². The zero-order chi connectivity index (χ0) is 40.7. The number of nitrogens with zero attached hydrogens (tertiary/aromatic N) is 2. The molecule has 288 valence electrons. The highest BCUT2D eigenvalue weighted by atomic mass is 19.1. The number of benzene rings is 11. The fourth-order valence-corrected chi connectivity index (χ4v) is 9.20. The Hall–Kier alpha value is -8.01. The van der Waals surface area contributed by atoms with Crippen LogP contribution >= 0.6 is 0 Å². The molecule has 0 saturated carbocycles. The van der Waals surface area contributed by atoms with Crippen molar-refractivity contribution in [2.24, 2.45) is 0 Å². The molecule has 0 N–H and O–H groups in total. The highest BCUT2D eigenvalue weighted by Crippen LogP contribution is 2.50. The van der Waals surface area contributed by atoms with Gasteiger partial charge in [0.25, 0.3) is 0 Å². The second kappa shape index (κ2) is 15.3. The summed E-state index contributed by atoms with van der Waals surface area (Å²) in [6.45, 7) is 0. The van der Waals surface area contributed by atoms with Gasteiger partial charge in [-0.2, -0.15) is 0 Å². The van der Waals surface area contributed by atoms with E-state index in [-0.39, 0.29) is 5.82 Å². The fourth-order valence-electron chi connectivity index (χ4n) is 9.20. The first-order valence-electron chi connectivity index (χ1n) is 20.7. The number of rotatable bonds is 8. The minimum atomic E-state index is -0.232. The predicted molar refractivity (Wildman–Crippen MR) is 257 cm³/mol. The summed E-state index contributed by atoms with van der Waals surface area (Å²) in [5.74, 6) is -0.232. The molecule has 0 saturated heterocycles. The first-order valence-corrected chi connectivity index (χ1v) is 20.7. The first kappa shape index (κ1) is 36.1. The zero-order valence-electron chi connectivity index (χ0n) is 33.3. The van der Waals surface area contributed by atoms with E-state index in [1.807, 2.05) is 18.2 Å². The van der Waals surface area contributed by atoms with Crippen LogP contribution in [0.2, 0.25) is 0 Å². The summed E-state index contributed by atoms with van der Waals surface area (Å²) in [5, 5.41) is 8.21. The van der Waals surface area contributed by atoms with E-state index in [1.165, 1.54) is 10.8 Å². The first-order chi connectivity index (χ1) is 30.2. The maximum Gasteiger partial charge on any atom is 0.131 e. The summed E-state index contributed by atoms with van der Waals surface area (Å²) >= 11 is 0. The van der Waals surface area contributed by atoms with Crippen LogP contribution in [-0.2, 0) is 0 Å². The Kier molecular flexibility index (Phi) is 9.05. The number of hydrogen-bond acceptors (Lipinski definition) is 2. The summed E-state index contributed by atoms with van der Waals surface area (Å²) in [6, 6.07) is 82.6. The Balaban J connectivity index is 1.31. The third kappa shape index (κ3) is 6.35. The Morgan fingerprint density at radius 1 is 0.246 bits per heavy atom. The van der Waals surface area contributed by atoms with E-state index in [4.69, 9.17) is 0 Å². The lowest BCUT2D eigenvalue weighted by molar-refractivity contribution is 0.640. The van der Waals surface area contributed by atoms with Crippen molar-refractivity contribution in [1.29, 1.82) is 0 Å². The molecule has 0 aliphatic heterocycles. The van der Waals surface area contributed by atoms with Crippen LogP contribution in [0.5, 0.6) is 0 Å². The van der Waals surface area contributed by atoms with Gasteiger partial charge in [-0.15, -0.1) is 0 Å². The number of anilines is 6. The Labute approximate surface area is 354 Å². The van der Waals surface area contributed by atoms with Crippen LogP contribution in [0.3, 0.4) is 0 Å². The Morgan fingerprint density at radius 2 is 0.623 bits per heavy atom. The molecule has 0 amide bonds. The van der Waals surface area contributed by atoms with Crippen molar-refractivity contribution >= 4 is 77.2 Å². The van der Waals surface area contributed by atoms with Gasteiger partial charge in [-0.05, 0) is 139 Å². The highest BCUT2D eigenvalue weighted by molar-refractivity contribution is 6.26. The molecular formula is C58H39FN2. The molecule has 0 radical (unpaired) electrons. The number of fused-ring (bicyclic) bond motifs is 4. The number of hydrogen-bond donors (Lipinski definition) is 0. The molecule has 11 rings (SSSR count). The van der Waals surface area contributed by atoms with Crippen LogP contribution in [0.25, 0.3) is 65.3 Å². The van der Waals surface area contributed by atoms with Gasteiger partial charge in [-0.3, -0.25) is 0 Å². The molecular weight excluding hydrogens is 744 g/mol. The largest absolute Gasteiger partial charge is 0.310 e. The minimum absolute atomic E-state index is 0.232. The summed E-state index contributed by atoms with van der Waals surface area (Å²) in [7, 11) is 0. The lowest BCUT2D eigenvalue weighted by Gasteiger charge is -2.28. The smallest absolute Gasteiger partial charge is 0.131 e. The summed E-state index contributed by atoms with van der Waals surface area (Å²) in [5.41, 5.74) is 10.7. The SMILES string of the molecule is Fc1cccc2c(-c3c4ccc(N(c5ccccc5)c5ccccc5)cc4c(-c4cccc5ccccc45)c4ccc(N(c5ccccc5)c5ccccc5)cc34)cccc12. The second-order valence-electron chi connectivity index (χ2n) is 15.4. The van der Waals surface area contributed by atoms with Crippen molar-refractivity contribution in [2.75, 3.05) is 9.80 Å². The average molecular weight is 783 g/mol. The second-order valence-corrected chi connectivity index (χ2v) is 15.4. The molecule has 2 nitrogen and oxygen atoms in total. The molecule has 0 aromatic heterocycles. The molecule has 0 unspecified atom stereocenters. The van der Waals surface area contributed by atoms with Crippen LogP contribution in [0.4, 0.5) is 38.5 Å². The molecule has 0 atom stereocenters. The number of para-hydroxylation sites is 4. The van der Waals surface area contributed by atoms with Crippen molar-refractivity contribution < 1.29 is 4.39 Å². The molecule has 0 fully saturated rings. The summed E-state index contributed by atoms with van der Waals surface area (Å²) < 4.78 is 15.7. The quantitative estimate of drug-likeness (QED) is 0.142. The standard InChI is InChI=1S/C58H39FN2/c59-56-33-17-29-48-49(56)30-16-32-51(48)58-53-37-35-45(60(41-20-5-1-6-21-41)42-22-7-2-8-23-42)38-54(53)57(50-31-15-19-40-18-13-14-28-47(40)50)52-36-34-46(39-55(52)58)61(43-24-9-3-10-25-43)44-26-11-4-12-27-44/h1-39H. The Bertz CT molecular complexity index is 3280. The molecule has 0 bridgehead atoms. The molecule has 11 aromatic carbocycles. The third-order valence-corrected chi connectivity index (χ3v) is 11.9. The van der Waals surface area contributed by atoms with Crippen molar-refractivity contribution in [2.45, 2.75) is 0 Å². The van der Waals surface area contributed by atoms with Crippen LogP contribution in [-0.4, -0.2) is 0 Å². The topological polar surface area (TPSA) is 6.48 Å². The van der Waals surface area contributed by atoms with E-state index in [9.17, 15) is 0 Å². The fraction of sp³-hybridized carbons (Fsp3) is 0.